The van der Waals surface area contributed by atoms with Crippen LogP contribution in [0.1, 0.15) is 11.1 Å². The van der Waals surface area contributed by atoms with E-state index < -0.39 is 28.9 Å². The molecule has 0 spiro atoms. The first-order valence-corrected chi connectivity index (χ1v) is 8.17. The monoisotopic (exact) mass is 386 g/mol. The zero-order chi connectivity index (χ0) is 20.4. The molecule has 2 aromatic carbocycles. The van der Waals surface area contributed by atoms with Gasteiger partial charge in [0.25, 0.3) is 11.6 Å². The van der Waals surface area contributed by atoms with Crippen molar-refractivity contribution in [3.05, 3.63) is 73.9 Å². The van der Waals surface area contributed by atoms with Crippen molar-refractivity contribution in [3.8, 4) is 5.75 Å². The average molecular weight is 386 g/mol. The lowest BCUT2D eigenvalue weighted by Crippen LogP contribution is -2.21. The molecule has 0 fully saturated rings. The van der Waals surface area contributed by atoms with Gasteiger partial charge in [-0.3, -0.25) is 14.9 Å². The molecule has 1 N–H and O–H groups in total. The topological polar surface area (TPSA) is 112 Å². The Hall–Kier alpha value is -3.75. The molecule has 0 aliphatic rings. The maximum atomic E-state index is 13.8. The van der Waals surface area contributed by atoms with Crippen molar-refractivity contribution in [1.82, 2.24) is 0 Å². The van der Waals surface area contributed by atoms with E-state index in [1.165, 1.54) is 6.07 Å². The number of carbonyl (C=O) groups excluding carboxylic acids is 1. The number of hydrogen-bond donors (Lipinski definition) is 1. The van der Waals surface area contributed by atoms with E-state index in [1.807, 2.05) is 0 Å². The van der Waals surface area contributed by atoms with Crippen LogP contribution in [-0.4, -0.2) is 17.4 Å². The molecule has 144 valence electrons. The summed E-state index contributed by atoms with van der Waals surface area (Å²) in [6.45, 7) is 2.99. The fraction of sp³-hybridized carbons (Fsp3) is 0.158. The molecule has 0 aliphatic heterocycles. The highest BCUT2D eigenvalue weighted by atomic mass is 19.1. The fourth-order valence-electron chi connectivity index (χ4n) is 2.71. The van der Waals surface area contributed by atoms with Crippen LogP contribution in [0.3, 0.4) is 0 Å². The van der Waals surface area contributed by atoms with Crippen LogP contribution < -0.4 is 15.7 Å². The number of nitrogens with zero attached hydrogens (tertiary/aromatic N) is 1. The molecule has 3 rings (SSSR count). The van der Waals surface area contributed by atoms with Crippen molar-refractivity contribution in [2.24, 2.45) is 0 Å². The van der Waals surface area contributed by atoms with Crippen molar-refractivity contribution in [1.29, 1.82) is 0 Å². The normalized spacial score (nSPS) is 10.7. The zero-order valence-electron chi connectivity index (χ0n) is 14.9. The van der Waals surface area contributed by atoms with Crippen LogP contribution in [0.2, 0.25) is 0 Å². The Morgan fingerprint density at radius 3 is 2.71 bits per heavy atom. The van der Waals surface area contributed by atoms with E-state index in [0.717, 1.165) is 29.1 Å². The van der Waals surface area contributed by atoms with Crippen molar-refractivity contribution < 1.29 is 23.3 Å². The highest BCUT2D eigenvalue weighted by molar-refractivity contribution is 5.92. The lowest BCUT2D eigenvalue weighted by atomic mass is 10.1. The standard InChI is InChI=1S/C19H15FN2O6/c1-10-7-18(24)28-19-11(2)16(6-4-13(10)19)27-9-17(23)21-15-8-12(22(25)26)3-5-14(15)20/h3-8H,9H2,1-2H3,(H,21,23). The Bertz CT molecular complexity index is 1160. The van der Waals surface area contributed by atoms with Gasteiger partial charge in [0.15, 0.2) is 6.61 Å². The van der Waals surface area contributed by atoms with Crippen LogP contribution in [-0.2, 0) is 4.79 Å². The molecule has 0 unspecified atom stereocenters. The maximum absolute atomic E-state index is 13.8. The number of aryl methyl sites for hydroxylation is 2. The first kappa shape index (κ1) is 19.0. The summed E-state index contributed by atoms with van der Waals surface area (Å²) in [6.07, 6.45) is 0. The van der Waals surface area contributed by atoms with Crippen LogP contribution in [0.4, 0.5) is 15.8 Å². The molecule has 0 radical (unpaired) electrons. The van der Waals surface area contributed by atoms with Gasteiger partial charge < -0.3 is 14.5 Å². The van der Waals surface area contributed by atoms with Crippen LogP contribution in [0.25, 0.3) is 11.0 Å². The van der Waals surface area contributed by atoms with E-state index >= 15 is 0 Å². The minimum Gasteiger partial charge on any atom is -0.483 e. The smallest absolute Gasteiger partial charge is 0.336 e. The van der Waals surface area contributed by atoms with Crippen molar-refractivity contribution in [2.75, 3.05) is 11.9 Å². The summed E-state index contributed by atoms with van der Waals surface area (Å²) in [5.41, 5.74) is 0.470. The molecule has 8 nitrogen and oxygen atoms in total. The van der Waals surface area contributed by atoms with E-state index in [1.54, 1.807) is 26.0 Å². The van der Waals surface area contributed by atoms with Gasteiger partial charge >= 0.3 is 5.63 Å². The predicted octanol–water partition coefficient (Wildman–Crippen LogP) is 3.47. The number of fused-ring (bicyclic) bond motifs is 1. The number of non-ortho nitro benzene ring substituents is 1. The van der Waals surface area contributed by atoms with Gasteiger partial charge in [0, 0.05) is 29.1 Å². The Kier molecular flexibility index (Phi) is 5.08. The van der Waals surface area contributed by atoms with Gasteiger partial charge in [-0.1, -0.05) is 0 Å². The zero-order valence-corrected chi connectivity index (χ0v) is 14.9. The first-order chi connectivity index (χ1) is 13.3. The number of ether oxygens (including phenoxy) is 1. The van der Waals surface area contributed by atoms with Gasteiger partial charge in [0.1, 0.15) is 17.1 Å². The molecule has 9 heteroatoms. The number of halogens is 1. The largest absolute Gasteiger partial charge is 0.483 e. The molecule has 1 heterocycles. The van der Waals surface area contributed by atoms with Gasteiger partial charge in [-0.05, 0) is 37.6 Å². The quantitative estimate of drug-likeness (QED) is 0.408. The molecular weight excluding hydrogens is 371 g/mol. The Balaban J connectivity index is 1.77. The Labute approximate surface area is 157 Å². The van der Waals surface area contributed by atoms with E-state index in [-0.39, 0.29) is 11.4 Å². The van der Waals surface area contributed by atoms with Crippen LogP contribution in [0.15, 0.2) is 45.6 Å². The molecule has 0 atom stereocenters. The van der Waals surface area contributed by atoms with Gasteiger partial charge in [-0.25, -0.2) is 9.18 Å². The molecule has 0 bridgehead atoms. The summed E-state index contributed by atoms with van der Waals surface area (Å²) in [5.74, 6) is -1.20. The van der Waals surface area contributed by atoms with Crippen LogP contribution >= 0.6 is 0 Å². The molecule has 28 heavy (non-hydrogen) atoms. The van der Waals surface area contributed by atoms with E-state index in [2.05, 4.69) is 5.32 Å². The fourth-order valence-corrected chi connectivity index (χ4v) is 2.71. The number of nitrogens with one attached hydrogen (secondary N) is 1. The number of benzene rings is 2. The molecule has 3 aromatic rings. The van der Waals surface area contributed by atoms with Crippen LogP contribution in [0.5, 0.6) is 5.75 Å². The second kappa shape index (κ2) is 7.47. The lowest BCUT2D eigenvalue weighted by molar-refractivity contribution is -0.384. The molecule has 0 aliphatic carbocycles. The van der Waals surface area contributed by atoms with E-state index in [9.17, 15) is 24.1 Å². The molecule has 0 saturated heterocycles. The molecule has 1 aromatic heterocycles. The number of nitro groups is 1. The minimum atomic E-state index is -0.807. The summed E-state index contributed by atoms with van der Waals surface area (Å²) in [7, 11) is 0. The first-order valence-electron chi connectivity index (χ1n) is 8.17. The van der Waals surface area contributed by atoms with Crippen LogP contribution in [0, 0.1) is 29.8 Å². The van der Waals surface area contributed by atoms with Gasteiger partial charge in [0.05, 0.1) is 10.6 Å². The third-order valence-corrected chi connectivity index (χ3v) is 4.11. The summed E-state index contributed by atoms with van der Waals surface area (Å²) in [6, 6.07) is 7.53. The highest BCUT2D eigenvalue weighted by Gasteiger charge is 2.15. The summed E-state index contributed by atoms with van der Waals surface area (Å²) in [5, 5.41) is 13.7. The van der Waals surface area contributed by atoms with Gasteiger partial charge in [-0.2, -0.15) is 0 Å². The third-order valence-electron chi connectivity index (χ3n) is 4.11. The third kappa shape index (κ3) is 3.83. The average Bonchev–Trinajstić information content (AvgIpc) is 2.63. The summed E-state index contributed by atoms with van der Waals surface area (Å²) < 4.78 is 24.4. The number of anilines is 1. The lowest BCUT2D eigenvalue weighted by Gasteiger charge is -2.12. The second-order valence-corrected chi connectivity index (χ2v) is 6.07. The molecular formula is C19H15FN2O6. The van der Waals surface area contributed by atoms with Gasteiger partial charge in [-0.15, -0.1) is 0 Å². The number of hydrogen-bond acceptors (Lipinski definition) is 6. The van der Waals surface area contributed by atoms with Crippen molar-refractivity contribution in [2.45, 2.75) is 13.8 Å². The van der Waals surface area contributed by atoms with Crippen molar-refractivity contribution >= 4 is 28.3 Å². The number of carbonyl (C=O) groups is 1. The Morgan fingerprint density at radius 2 is 2.00 bits per heavy atom. The maximum Gasteiger partial charge on any atom is 0.336 e. The molecule has 1 amide bonds. The predicted molar refractivity (Wildman–Crippen MR) is 99.1 cm³/mol. The Morgan fingerprint density at radius 1 is 1.25 bits per heavy atom. The SMILES string of the molecule is Cc1cc(=O)oc2c(C)c(OCC(=O)Nc3cc([N+](=O)[O-])ccc3F)ccc12. The second-order valence-electron chi connectivity index (χ2n) is 6.07. The summed E-state index contributed by atoms with van der Waals surface area (Å²) in [4.78, 5) is 33.7. The highest BCUT2D eigenvalue weighted by Crippen LogP contribution is 2.28. The van der Waals surface area contributed by atoms with E-state index in [4.69, 9.17) is 9.15 Å². The van der Waals surface area contributed by atoms with Gasteiger partial charge in [0.2, 0.25) is 0 Å². The number of nitro benzene ring substituents is 1. The van der Waals surface area contributed by atoms with E-state index in [0.29, 0.717) is 16.9 Å². The van der Waals surface area contributed by atoms with Crippen molar-refractivity contribution in [3.63, 3.8) is 0 Å². The summed E-state index contributed by atoms with van der Waals surface area (Å²) >= 11 is 0. The number of amides is 1. The molecule has 0 saturated carbocycles. The minimum absolute atomic E-state index is 0.316. The number of rotatable bonds is 5.